The molecule has 3 aromatic carbocycles. The van der Waals surface area contributed by atoms with E-state index in [1.165, 1.54) is 16.8 Å². The fourth-order valence-electron chi connectivity index (χ4n) is 8.09. The highest BCUT2D eigenvalue weighted by Crippen LogP contribution is 2.47. The predicted octanol–water partition coefficient (Wildman–Crippen LogP) is 8.22. The summed E-state index contributed by atoms with van der Waals surface area (Å²) in [4.78, 5) is 19.4. The average molecular weight is 697 g/mol. The largest absolute Gasteiger partial charge is 0.485 e. The van der Waals surface area contributed by atoms with Crippen LogP contribution in [0.3, 0.4) is 0 Å². The van der Waals surface area contributed by atoms with Crippen LogP contribution in [0.4, 0.5) is 5.69 Å². The number of aryl methyl sites for hydroxylation is 1. The van der Waals surface area contributed by atoms with E-state index in [-0.39, 0.29) is 35.9 Å². The standard InChI is InChI=1S/C38H44Cl3N3O3/c1-23-17-32(40)37(33(41)18-23)47-28-13-15-43(22-28)35-6-4-3-5-29(35)30-20-26-8-12-34(42-26)36(30)38(45)44(27-9-10-27)21-25-19-24(14-16-46-2)7-11-31(25)39/h3-7,11,17-19,26-28,30,34,36,42H,8-10,12-16,20-22H2,1-2H3/t26-,28+,30+,34-,36+/m0/s1. The van der Waals surface area contributed by atoms with E-state index in [0.29, 0.717) is 40.0 Å². The Hall–Kier alpha value is -2.48. The SMILES string of the molecule is COCCc1ccc(Cl)c(CN(C(=O)[C@H]2[C@@H]3CC[C@@H](C[C@@H]2c2ccccc2N2CC[C@@H](Oc4c(Cl)cc(C)cc4Cl)C2)N3)C2CC2)c1. The molecule has 7 rings (SSSR count). The summed E-state index contributed by atoms with van der Waals surface area (Å²) >= 11 is 19.8. The first kappa shape index (κ1) is 33.0. The molecule has 2 bridgehead atoms. The van der Waals surface area contributed by atoms with Gasteiger partial charge in [-0.05, 0) is 92.0 Å². The maximum Gasteiger partial charge on any atom is 0.228 e. The molecule has 3 aromatic rings. The molecule has 47 heavy (non-hydrogen) atoms. The number of benzene rings is 3. The molecule has 1 amide bonds. The van der Waals surface area contributed by atoms with E-state index in [2.05, 4.69) is 51.5 Å². The molecular weight excluding hydrogens is 653 g/mol. The summed E-state index contributed by atoms with van der Waals surface area (Å²) in [5.74, 6) is 0.813. The zero-order valence-electron chi connectivity index (χ0n) is 27.2. The molecule has 3 aliphatic heterocycles. The number of fused-ring (bicyclic) bond motifs is 2. The predicted molar refractivity (Wildman–Crippen MR) is 190 cm³/mol. The van der Waals surface area contributed by atoms with E-state index in [9.17, 15) is 4.79 Å². The number of rotatable bonds is 11. The second-order valence-electron chi connectivity index (χ2n) is 13.9. The second-order valence-corrected chi connectivity index (χ2v) is 15.1. The van der Waals surface area contributed by atoms with Gasteiger partial charge in [-0.2, -0.15) is 0 Å². The molecule has 4 aliphatic rings. The first-order valence-electron chi connectivity index (χ1n) is 17.1. The van der Waals surface area contributed by atoms with Crippen molar-refractivity contribution in [1.82, 2.24) is 10.2 Å². The lowest BCUT2D eigenvalue weighted by Crippen LogP contribution is -2.52. The van der Waals surface area contributed by atoms with Gasteiger partial charge in [0, 0.05) is 61.4 Å². The van der Waals surface area contributed by atoms with E-state index in [4.69, 9.17) is 44.3 Å². The molecule has 0 aromatic heterocycles. The number of methoxy groups -OCH3 is 1. The molecule has 9 heteroatoms. The summed E-state index contributed by atoms with van der Waals surface area (Å²) in [6.07, 6.45) is 6.85. The van der Waals surface area contributed by atoms with Crippen LogP contribution < -0.4 is 15.0 Å². The number of ether oxygens (including phenoxy) is 2. The Morgan fingerprint density at radius 3 is 2.53 bits per heavy atom. The van der Waals surface area contributed by atoms with Gasteiger partial charge in [0.25, 0.3) is 0 Å². The molecule has 0 unspecified atom stereocenters. The van der Waals surface area contributed by atoms with E-state index < -0.39 is 0 Å². The van der Waals surface area contributed by atoms with Crippen molar-refractivity contribution in [2.24, 2.45) is 5.92 Å². The van der Waals surface area contributed by atoms with Crippen molar-refractivity contribution < 1.29 is 14.3 Å². The molecule has 1 aliphatic carbocycles. The number of amides is 1. The fraction of sp³-hybridized carbons (Fsp3) is 0.500. The summed E-state index contributed by atoms with van der Waals surface area (Å²) in [5, 5.41) is 5.64. The molecular formula is C38H44Cl3N3O3. The average Bonchev–Trinajstić information content (AvgIpc) is 3.68. The van der Waals surface area contributed by atoms with E-state index in [1.54, 1.807) is 7.11 Å². The van der Waals surface area contributed by atoms with Gasteiger partial charge in [0.15, 0.2) is 5.75 Å². The number of hydrogen-bond acceptors (Lipinski definition) is 5. The van der Waals surface area contributed by atoms with Crippen molar-refractivity contribution >= 4 is 46.4 Å². The lowest BCUT2D eigenvalue weighted by Gasteiger charge is -2.41. The van der Waals surface area contributed by atoms with Crippen LogP contribution >= 0.6 is 34.8 Å². The number of carbonyl (C=O) groups is 1. The highest BCUT2D eigenvalue weighted by molar-refractivity contribution is 6.37. The summed E-state index contributed by atoms with van der Waals surface area (Å²) in [7, 11) is 1.72. The van der Waals surface area contributed by atoms with Crippen LogP contribution in [0, 0.1) is 12.8 Å². The van der Waals surface area contributed by atoms with Gasteiger partial charge in [0.2, 0.25) is 5.91 Å². The van der Waals surface area contributed by atoms with Crippen molar-refractivity contribution in [3.8, 4) is 5.75 Å². The number of para-hydroxylation sites is 1. The molecule has 3 saturated heterocycles. The minimum Gasteiger partial charge on any atom is -0.485 e. The van der Waals surface area contributed by atoms with Gasteiger partial charge in [0.1, 0.15) is 6.10 Å². The summed E-state index contributed by atoms with van der Waals surface area (Å²) in [6.45, 7) is 4.77. The third-order valence-corrected chi connectivity index (χ3v) is 11.5. The van der Waals surface area contributed by atoms with E-state index >= 15 is 0 Å². The smallest absolute Gasteiger partial charge is 0.228 e. The number of carbonyl (C=O) groups excluding carboxylic acids is 1. The van der Waals surface area contributed by atoms with Gasteiger partial charge >= 0.3 is 0 Å². The monoisotopic (exact) mass is 695 g/mol. The Kier molecular flexibility index (Phi) is 9.96. The number of nitrogens with zero attached hydrogens (tertiary/aromatic N) is 2. The molecule has 4 fully saturated rings. The van der Waals surface area contributed by atoms with Crippen molar-refractivity contribution in [2.45, 2.75) is 88.6 Å². The van der Waals surface area contributed by atoms with Gasteiger partial charge < -0.3 is 24.6 Å². The summed E-state index contributed by atoms with van der Waals surface area (Å²) in [6, 6.07) is 19.6. The maximum absolute atomic E-state index is 14.9. The van der Waals surface area contributed by atoms with Crippen molar-refractivity contribution in [2.75, 3.05) is 31.7 Å². The van der Waals surface area contributed by atoms with E-state index in [1.807, 2.05) is 25.1 Å². The zero-order valence-corrected chi connectivity index (χ0v) is 29.5. The van der Waals surface area contributed by atoms with Crippen LogP contribution in [0.1, 0.15) is 66.7 Å². The molecule has 0 radical (unpaired) electrons. The molecule has 0 spiro atoms. The first-order valence-corrected chi connectivity index (χ1v) is 18.2. The van der Waals surface area contributed by atoms with Crippen LogP contribution in [0.25, 0.3) is 0 Å². The minimum atomic E-state index is -0.134. The number of hydrogen-bond donors (Lipinski definition) is 1. The zero-order chi connectivity index (χ0) is 32.7. The van der Waals surface area contributed by atoms with Crippen molar-refractivity contribution in [3.05, 3.63) is 91.9 Å². The van der Waals surface area contributed by atoms with Crippen molar-refractivity contribution in [3.63, 3.8) is 0 Å². The van der Waals surface area contributed by atoms with Gasteiger partial charge in [-0.15, -0.1) is 0 Å². The van der Waals surface area contributed by atoms with Crippen molar-refractivity contribution in [1.29, 1.82) is 0 Å². The normalized spacial score (nSPS) is 25.3. The minimum absolute atomic E-state index is 0.0304. The van der Waals surface area contributed by atoms with Gasteiger partial charge in [-0.25, -0.2) is 0 Å². The fourth-order valence-corrected chi connectivity index (χ4v) is 8.95. The number of anilines is 1. The van der Waals surface area contributed by atoms with Gasteiger partial charge in [-0.3, -0.25) is 4.79 Å². The topological polar surface area (TPSA) is 54.0 Å². The lowest BCUT2D eigenvalue weighted by atomic mass is 9.75. The Morgan fingerprint density at radius 1 is 0.979 bits per heavy atom. The Morgan fingerprint density at radius 2 is 1.77 bits per heavy atom. The third kappa shape index (κ3) is 7.14. The summed E-state index contributed by atoms with van der Waals surface area (Å²) in [5.41, 5.74) is 5.68. The van der Waals surface area contributed by atoms with Crippen LogP contribution in [0.15, 0.2) is 54.6 Å². The third-order valence-electron chi connectivity index (χ3n) is 10.5. The van der Waals surface area contributed by atoms with Crippen LogP contribution in [-0.2, 0) is 22.5 Å². The second kappa shape index (κ2) is 14.2. The first-order chi connectivity index (χ1) is 22.8. The van der Waals surface area contributed by atoms with Crippen LogP contribution in [0.2, 0.25) is 15.1 Å². The van der Waals surface area contributed by atoms with Crippen LogP contribution in [0.5, 0.6) is 5.75 Å². The number of halogens is 3. The molecule has 3 heterocycles. The Bertz CT molecular complexity index is 1590. The van der Waals surface area contributed by atoms with Gasteiger partial charge in [-0.1, -0.05) is 65.1 Å². The molecule has 1 saturated carbocycles. The highest BCUT2D eigenvalue weighted by Gasteiger charge is 2.49. The van der Waals surface area contributed by atoms with E-state index in [0.717, 1.165) is 69.2 Å². The number of nitrogens with one attached hydrogen (secondary N) is 1. The Balaban J connectivity index is 1.14. The highest BCUT2D eigenvalue weighted by atomic mass is 35.5. The summed E-state index contributed by atoms with van der Waals surface area (Å²) < 4.78 is 11.7. The molecule has 250 valence electrons. The molecule has 6 nitrogen and oxygen atoms in total. The quantitative estimate of drug-likeness (QED) is 0.219. The Labute approximate surface area is 293 Å². The maximum atomic E-state index is 14.9. The molecule has 1 N–H and O–H groups in total. The number of piperidine rings is 1. The van der Waals surface area contributed by atoms with Crippen LogP contribution in [-0.4, -0.2) is 61.8 Å². The lowest BCUT2D eigenvalue weighted by molar-refractivity contribution is -0.139. The van der Waals surface area contributed by atoms with Gasteiger partial charge in [0.05, 0.1) is 29.1 Å². The molecule has 5 atom stereocenters.